The van der Waals surface area contributed by atoms with Crippen molar-refractivity contribution >= 4 is 5.91 Å². The molecule has 2 N–H and O–H groups in total. The van der Waals surface area contributed by atoms with Crippen LogP contribution >= 0.6 is 0 Å². The summed E-state index contributed by atoms with van der Waals surface area (Å²) >= 11 is 0. The molecule has 2 rings (SSSR count). The van der Waals surface area contributed by atoms with E-state index in [9.17, 15) is 4.79 Å². The van der Waals surface area contributed by atoms with E-state index < -0.39 is 0 Å². The Morgan fingerprint density at radius 1 is 1.46 bits per heavy atom. The Bertz CT molecular complexity index is 198. The van der Waals surface area contributed by atoms with Gasteiger partial charge in [-0.3, -0.25) is 4.79 Å². The normalized spacial score (nSPS) is 33.3. The predicted molar refractivity (Wildman–Crippen MR) is 48.3 cm³/mol. The lowest BCUT2D eigenvalue weighted by atomic mass is 9.88. The molecular weight excluding hydrogens is 168 g/mol. The van der Waals surface area contributed by atoms with Crippen LogP contribution in [-0.4, -0.2) is 38.3 Å². The van der Waals surface area contributed by atoms with Gasteiger partial charge >= 0.3 is 0 Å². The maximum Gasteiger partial charge on any atom is 0.225 e. The van der Waals surface area contributed by atoms with Crippen LogP contribution in [0.25, 0.3) is 0 Å². The van der Waals surface area contributed by atoms with E-state index in [-0.39, 0.29) is 11.8 Å². The Labute approximate surface area is 78.0 Å². The van der Waals surface area contributed by atoms with Crippen LogP contribution in [0, 0.1) is 5.92 Å². The first-order valence-electron chi connectivity index (χ1n) is 4.83. The molecule has 0 bridgehead atoms. The van der Waals surface area contributed by atoms with Crippen LogP contribution < -0.4 is 10.6 Å². The zero-order valence-electron chi connectivity index (χ0n) is 7.88. The first-order chi connectivity index (χ1) is 6.29. The van der Waals surface area contributed by atoms with E-state index >= 15 is 0 Å². The van der Waals surface area contributed by atoms with Crippen molar-refractivity contribution in [2.24, 2.45) is 5.92 Å². The molecule has 0 spiro atoms. The van der Waals surface area contributed by atoms with E-state index in [2.05, 4.69) is 10.6 Å². The first-order valence-corrected chi connectivity index (χ1v) is 4.83. The second-order valence-corrected chi connectivity index (χ2v) is 3.89. The number of rotatable bonds is 3. The number of ether oxygens (including phenoxy) is 1. The average molecular weight is 184 g/mol. The monoisotopic (exact) mass is 184 g/mol. The molecule has 74 valence electrons. The molecule has 0 aromatic heterocycles. The van der Waals surface area contributed by atoms with Crippen molar-refractivity contribution in [2.45, 2.75) is 25.0 Å². The number of hydrogen-bond acceptors (Lipinski definition) is 3. The van der Waals surface area contributed by atoms with Crippen LogP contribution in [0.5, 0.6) is 0 Å². The molecule has 4 heteroatoms. The molecule has 1 saturated carbocycles. The lowest BCUT2D eigenvalue weighted by Crippen LogP contribution is -2.55. The predicted octanol–water partition coefficient (Wildman–Crippen LogP) is -0.501. The van der Waals surface area contributed by atoms with E-state index in [1.165, 1.54) is 0 Å². The van der Waals surface area contributed by atoms with Gasteiger partial charge in [0.1, 0.15) is 0 Å². The summed E-state index contributed by atoms with van der Waals surface area (Å²) in [5, 5.41) is 6.11. The number of carbonyl (C=O) groups is 1. The minimum Gasteiger partial charge on any atom is -0.381 e. The molecule has 2 aliphatic rings. The molecule has 1 amide bonds. The highest BCUT2D eigenvalue weighted by molar-refractivity contribution is 5.80. The average Bonchev–Trinajstić information content (AvgIpc) is 1.92. The number of hydrogen-bond donors (Lipinski definition) is 2. The molecule has 0 radical (unpaired) electrons. The zero-order chi connectivity index (χ0) is 9.26. The van der Waals surface area contributed by atoms with Crippen molar-refractivity contribution in [1.82, 2.24) is 10.6 Å². The van der Waals surface area contributed by atoms with Crippen LogP contribution in [0.1, 0.15) is 12.8 Å². The van der Waals surface area contributed by atoms with Crippen molar-refractivity contribution in [2.75, 3.05) is 20.2 Å². The number of nitrogens with one attached hydrogen (secondary N) is 2. The first kappa shape index (κ1) is 8.97. The zero-order valence-corrected chi connectivity index (χ0v) is 7.88. The van der Waals surface area contributed by atoms with Crippen LogP contribution in [0.3, 0.4) is 0 Å². The summed E-state index contributed by atoms with van der Waals surface area (Å²) in [5.41, 5.74) is 0. The molecule has 1 aliphatic heterocycles. The Morgan fingerprint density at radius 2 is 2.15 bits per heavy atom. The summed E-state index contributed by atoms with van der Waals surface area (Å²) < 4.78 is 5.14. The van der Waals surface area contributed by atoms with Crippen LogP contribution in [0.15, 0.2) is 0 Å². The summed E-state index contributed by atoms with van der Waals surface area (Å²) in [7, 11) is 1.72. The fourth-order valence-electron chi connectivity index (χ4n) is 1.67. The molecule has 0 atom stereocenters. The Kier molecular flexibility index (Phi) is 2.51. The van der Waals surface area contributed by atoms with Gasteiger partial charge in [0.15, 0.2) is 0 Å². The number of amides is 1. The largest absolute Gasteiger partial charge is 0.381 e. The molecule has 1 aliphatic carbocycles. The molecule has 4 nitrogen and oxygen atoms in total. The lowest BCUT2D eigenvalue weighted by Gasteiger charge is -2.36. The van der Waals surface area contributed by atoms with Gasteiger partial charge in [-0.1, -0.05) is 0 Å². The lowest BCUT2D eigenvalue weighted by molar-refractivity contribution is -0.128. The van der Waals surface area contributed by atoms with Gasteiger partial charge in [0.2, 0.25) is 5.91 Å². The molecule has 1 saturated heterocycles. The number of methoxy groups -OCH3 is 1. The fraction of sp³-hybridized carbons (Fsp3) is 0.889. The van der Waals surface area contributed by atoms with E-state index in [4.69, 9.17) is 4.74 Å². The molecule has 0 unspecified atom stereocenters. The molecule has 2 fully saturated rings. The van der Waals surface area contributed by atoms with Crippen molar-refractivity contribution in [3.05, 3.63) is 0 Å². The Balaban J connectivity index is 1.65. The van der Waals surface area contributed by atoms with E-state index in [0.717, 1.165) is 25.9 Å². The maximum absolute atomic E-state index is 11.4. The van der Waals surface area contributed by atoms with Gasteiger partial charge in [-0.05, 0) is 12.8 Å². The smallest absolute Gasteiger partial charge is 0.225 e. The van der Waals surface area contributed by atoms with E-state index in [1.807, 2.05) is 0 Å². The quantitative estimate of drug-likeness (QED) is 0.621. The van der Waals surface area contributed by atoms with E-state index in [0.29, 0.717) is 12.1 Å². The summed E-state index contributed by atoms with van der Waals surface area (Å²) in [6.45, 7) is 1.68. The molecule has 13 heavy (non-hydrogen) atoms. The highest BCUT2D eigenvalue weighted by Gasteiger charge is 2.33. The van der Waals surface area contributed by atoms with Gasteiger partial charge in [-0.15, -0.1) is 0 Å². The summed E-state index contributed by atoms with van der Waals surface area (Å²) in [4.78, 5) is 11.4. The van der Waals surface area contributed by atoms with Gasteiger partial charge in [0.25, 0.3) is 0 Å². The Morgan fingerprint density at radius 3 is 2.62 bits per heavy atom. The highest BCUT2D eigenvalue weighted by atomic mass is 16.5. The topological polar surface area (TPSA) is 50.4 Å². The summed E-state index contributed by atoms with van der Waals surface area (Å²) in [5.74, 6) is 0.417. The minimum absolute atomic E-state index is 0.207. The third-order valence-corrected chi connectivity index (χ3v) is 2.93. The molecule has 0 aromatic carbocycles. The van der Waals surface area contributed by atoms with Crippen LogP contribution in [-0.2, 0) is 9.53 Å². The van der Waals surface area contributed by atoms with Crippen LogP contribution in [0.2, 0.25) is 0 Å². The highest BCUT2D eigenvalue weighted by Crippen LogP contribution is 2.22. The van der Waals surface area contributed by atoms with Crippen molar-refractivity contribution in [3.8, 4) is 0 Å². The van der Waals surface area contributed by atoms with E-state index in [1.54, 1.807) is 7.11 Å². The SMILES string of the molecule is COC1CC(NC(=O)C2CNC2)C1. The van der Waals surface area contributed by atoms with Gasteiger partial charge in [0, 0.05) is 26.2 Å². The standard InChI is InChI=1S/C9H16N2O2/c1-13-8-2-7(3-8)11-9(12)6-4-10-5-6/h6-8,10H,2-5H2,1H3,(H,11,12). The third kappa shape index (κ3) is 1.84. The minimum atomic E-state index is 0.207. The molecule has 0 aromatic rings. The molecular formula is C9H16N2O2. The molecule has 1 heterocycles. The Hall–Kier alpha value is -0.610. The summed E-state index contributed by atoms with van der Waals surface area (Å²) in [6.07, 6.45) is 2.31. The summed E-state index contributed by atoms with van der Waals surface area (Å²) in [6, 6.07) is 0.359. The van der Waals surface area contributed by atoms with Gasteiger partial charge in [-0.25, -0.2) is 0 Å². The second kappa shape index (κ2) is 3.64. The van der Waals surface area contributed by atoms with Crippen LogP contribution in [0.4, 0.5) is 0 Å². The second-order valence-electron chi connectivity index (χ2n) is 3.89. The van der Waals surface area contributed by atoms with Crippen molar-refractivity contribution < 1.29 is 9.53 Å². The number of carbonyl (C=O) groups excluding carboxylic acids is 1. The van der Waals surface area contributed by atoms with Gasteiger partial charge in [-0.2, -0.15) is 0 Å². The fourth-order valence-corrected chi connectivity index (χ4v) is 1.67. The third-order valence-electron chi connectivity index (χ3n) is 2.93. The van der Waals surface area contributed by atoms with Gasteiger partial charge in [0.05, 0.1) is 12.0 Å². The van der Waals surface area contributed by atoms with Crippen molar-refractivity contribution in [3.63, 3.8) is 0 Å². The maximum atomic E-state index is 11.4. The van der Waals surface area contributed by atoms with Gasteiger partial charge < -0.3 is 15.4 Å². The van der Waals surface area contributed by atoms with Crippen molar-refractivity contribution in [1.29, 1.82) is 0 Å².